The Balaban J connectivity index is 1.41. The molecular weight excluding hydrogens is 406 g/mol. The summed E-state index contributed by atoms with van der Waals surface area (Å²) in [7, 11) is 1.65. The van der Waals surface area contributed by atoms with Gasteiger partial charge in [-0.25, -0.2) is 4.98 Å². The van der Waals surface area contributed by atoms with Crippen molar-refractivity contribution in [3.63, 3.8) is 0 Å². The molecule has 152 valence electrons. The van der Waals surface area contributed by atoms with Crippen LogP contribution < -0.4 is 15.0 Å². The Bertz CT molecular complexity index is 1310. The first-order valence-corrected chi connectivity index (χ1v) is 10.1. The van der Waals surface area contributed by atoms with Gasteiger partial charge >= 0.3 is 0 Å². The highest BCUT2D eigenvalue weighted by Gasteiger charge is 2.22. The predicted molar refractivity (Wildman–Crippen MR) is 111 cm³/mol. The molecular formula is C20H17N5O4S. The van der Waals surface area contributed by atoms with E-state index in [1.165, 1.54) is 22.4 Å². The number of fused-ring (bicyclic) bond motifs is 2. The summed E-state index contributed by atoms with van der Waals surface area (Å²) in [5.41, 5.74) is 2.18. The fourth-order valence-electron chi connectivity index (χ4n) is 3.37. The molecule has 0 saturated carbocycles. The number of H-pyrrole nitrogens is 2. The van der Waals surface area contributed by atoms with E-state index in [4.69, 9.17) is 9.47 Å². The van der Waals surface area contributed by atoms with E-state index in [1.807, 2.05) is 23.6 Å². The number of thiophene rings is 1. The molecule has 30 heavy (non-hydrogen) atoms. The van der Waals surface area contributed by atoms with Crippen LogP contribution >= 0.6 is 11.3 Å². The van der Waals surface area contributed by atoms with Gasteiger partial charge in [-0.3, -0.25) is 14.7 Å². The van der Waals surface area contributed by atoms with Crippen LogP contribution in [0.1, 0.15) is 16.2 Å². The van der Waals surface area contributed by atoms with E-state index in [0.29, 0.717) is 52.0 Å². The van der Waals surface area contributed by atoms with Crippen LogP contribution in [0.5, 0.6) is 11.5 Å². The van der Waals surface area contributed by atoms with Crippen LogP contribution in [-0.2, 0) is 6.54 Å². The Hall–Kier alpha value is -3.66. The lowest BCUT2D eigenvalue weighted by molar-refractivity contribution is 0.0782. The normalized spacial score (nSPS) is 12.8. The lowest BCUT2D eigenvalue weighted by atomic mass is 10.1. The second-order valence-electron chi connectivity index (χ2n) is 6.83. The molecule has 0 atom stereocenters. The van der Waals surface area contributed by atoms with E-state index in [2.05, 4.69) is 20.2 Å². The molecule has 0 unspecified atom stereocenters. The first-order valence-electron chi connectivity index (χ1n) is 9.25. The Morgan fingerprint density at radius 1 is 1.23 bits per heavy atom. The van der Waals surface area contributed by atoms with Crippen LogP contribution in [0.15, 0.2) is 40.6 Å². The Kier molecular flexibility index (Phi) is 4.47. The van der Waals surface area contributed by atoms with Crippen LogP contribution in [0.4, 0.5) is 0 Å². The molecule has 3 aromatic heterocycles. The average Bonchev–Trinajstić information content (AvgIpc) is 3.42. The molecule has 2 N–H and O–H groups in total. The minimum absolute atomic E-state index is 0.158. The third-order valence-corrected chi connectivity index (χ3v) is 5.70. The van der Waals surface area contributed by atoms with Gasteiger partial charge in [-0.05, 0) is 29.6 Å². The zero-order valence-corrected chi connectivity index (χ0v) is 16.8. The third kappa shape index (κ3) is 3.20. The molecule has 1 aromatic carbocycles. The smallest absolute Gasteiger partial charge is 0.268 e. The van der Waals surface area contributed by atoms with Gasteiger partial charge in [0.15, 0.2) is 11.5 Å². The van der Waals surface area contributed by atoms with Gasteiger partial charge in [0.05, 0.1) is 29.5 Å². The molecule has 4 heterocycles. The predicted octanol–water partition coefficient (Wildman–Crippen LogP) is 2.42. The third-order valence-electron chi connectivity index (χ3n) is 4.80. The molecule has 9 nitrogen and oxygen atoms in total. The van der Waals surface area contributed by atoms with Crippen LogP contribution in [0.2, 0.25) is 0 Å². The molecule has 4 aromatic rings. The van der Waals surface area contributed by atoms with Crippen molar-refractivity contribution in [1.29, 1.82) is 0 Å². The summed E-state index contributed by atoms with van der Waals surface area (Å²) in [5, 5.41) is 8.76. The first-order chi connectivity index (χ1) is 14.6. The van der Waals surface area contributed by atoms with Gasteiger partial charge in [0.25, 0.3) is 11.5 Å². The molecule has 1 aliphatic heterocycles. The van der Waals surface area contributed by atoms with Crippen molar-refractivity contribution < 1.29 is 14.3 Å². The number of carbonyl (C=O) groups excluding carboxylic acids is 1. The molecule has 1 amide bonds. The van der Waals surface area contributed by atoms with Gasteiger partial charge in [-0.2, -0.15) is 5.10 Å². The van der Waals surface area contributed by atoms with E-state index >= 15 is 0 Å². The number of nitrogens with zero attached hydrogens (tertiary/aromatic N) is 3. The van der Waals surface area contributed by atoms with Crippen molar-refractivity contribution in [2.45, 2.75) is 6.54 Å². The Morgan fingerprint density at radius 3 is 2.93 bits per heavy atom. The number of hydrogen-bond donors (Lipinski definition) is 2. The topological polar surface area (TPSA) is 113 Å². The van der Waals surface area contributed by atoms with E-state index in [0.717, 1.165) is 5.56 Å². The van der Waals surface area contributed by atoms with Gasteiger partial charge in [0.2, 0.25) is 0 Å². The summed E-state index contributed by atoms with van der Waals surface area (Å²) in [6.45, 7) is 1.15. The monoisotopic (exact) mass is 423 g/mol. The van der Waals surface area contributed by atoms with E-state index in [9.17, 15) is 9.59 Å². The number of nitrogens with one attached hydrogen (secondary N) is 2. The SMILES string of the molecule is CN(Cc1nc2ccsc2c(=O)[nH]1)C(=O)c1cn[nH]c1-c1ccc2c(c1)OCCO2. The first kappa shape index (κ1) is 18.4. The summed E-state index contributed by atoms with van der Waals surface area (Å²) in [5.74, 6) is 1.48. The number of aromatic amines is 2. The second kappa shape index (κ2) is 7.30. The molecule has 0 saturated heterocycles. The van der Waals surface area contributed by atoms with Crippen molar-refractivity contribution in [3.05, 3.63) is 57.6 Å². The highest BCUT2D eigenvalue weighted by atomic mass is 32.1. The van der Waals surface area contributed by atoms with Crippen molar-refractivity contribution in [2.24, 2.45) is 0 Å². The van der Waals surface area contributed by atoms with E-state index in [1.54, 1.807) is 13.1 Å². The van der Waals surface area contributed by atoms with Crippen molar-refractivity contribution in [2.75, 3.05) is 20.3 Å². The minimum Gasteiger partial charge on any atom is -0.486 e. The highest BCUT2D eigenvalue weighted by Crippen LogP contribution is 2.35. The van der Waals surface area contributed by atoms with Gasteiger partial charge in [-0.1, -0.05) is 0 Å². The molecule has 0 spiro atoms. The van der Waals surface area contributed by atoms with Crippen LogP contribution in [0.3, 0.4) is 0 Å². The van der Waals surface area contributed by atoms with Gasteiger partial charge in [0.1, 0.15) is 23.7 Å². The average molecular weight is 423 g/mol. The fraction of sp³-hybridized carbons (Fsp3) is 0.200. The number of benzene rings is 1. The standard InChI is InChI=1S/C20H17N5O4S/c1-25(10-16-22-13-4-7-30-18(13)19(26)23-16)20(27)12-9-21-24-17(12)11-2-3-14-15(8-11)29-6-5-28-14/h2-4,7-9H,5-6,10H2,1H3,(H,21,24)(H,22,23,26). The number of ether oxygens (including phenoxy) is 2. The zero-order valence-electron chi connectivity index (χ0n) is 16.0. The molecule has 0 bridgehead atoms. The fourth-order valence-corrected chi connectivity index (χ4v) is 4.09. The van der Waals surface area contributed by atoms with Crippen LogP contribution in [0, 0.1) is 0 Å². The van der Waals surface area contributed by atoms with Gasteiger partial charge < -0.3 is 19.4 Å². The summed E-state index contributed by atoms with van der Waals surface area (Å²) < 4.78 is 11.8. The summed E-state index contributed by atoms with van der Waals surface area (Å²) in [6, 6.07) is 7.27. The Labute approximate surface area is 174 Å². The number of hydrogen-bond acceptors (Lipinski definition) is 7. The number of aromatic nitrogens is 4. The van der Waals surface area contributed by atoms with Crippen molar-refractivity contribution in [3.8, 4) is 22.8 Å². The molecule has 0 fully saturated rings. The summed E-state index contributed by atoms with van der Waals surface area (Å²) in [4.78, 5) is 33.9. The lowest BCUT2D eigenvalue weighted by Crippen LogP contribution is -2.28. The quantitative estimate of drug-likeness (QED) is 0.521. The molecule has 0 radical (unpaired) electrons. The van der Waals surface area contributed by atoms with E-state index < -0.39 is 0 Å². The number of amides is 1. The molecule has 5 rings (SSSR count). The summed E-state index contributed by atoms with van der Waals surface area (Å²) in [6.07, 6.45) is 1.49. The largest absolute Gasteiger partial charge is 0.486 e. The van der Waals surface area contributed by atoms with Crippen LogP contribution in [-0.4, -0.2) is 51.2 Å². The summed E-state index contributed by atoms with van der Waals surface area (Å²) >= 11 is 1.34. The van der Waals surface area contributed by atoms with Crippen LogP contribution in [0.25, 0.3) is 21.5 Å². The van der Waals surface area contributed by atoms with Gasteiger partial charge in [-0.15, -0.1) is 11.3 Å². The maximum Gasteiger partial charge on any atom is 0.268 e. The Morgan fingerprint density at radius 2 is 2.07 bits per heavy atom. The molecule has 10 heteroatoms. The number of rotatable bonds is 4. The minimum atomic E-state index is -0.248. The van der Waals surface area contributed by atoms with E-state index in [-0.39, 0.29) is 18.0 Å². The maximum atomic E-state index is 13.1. The van der Waals surface area contributed by atoms with Gasteiger partial charge in [0, 0.05) is 12.6 Å². The maximum absolute atomic E-state index is 13.1. The molecule has 0 aliphatic carbocycles. The molecule has 1 aliphatic rings. The van der Waals surface area contributed by atoms with Crippen molar-refractivity contribution >= 4 is 27.5 Å². The lowest BCUT2D eigenvalue weighted by Gasteiger charge is -2.19. The number of carbonyl (C=O) groups is 1. The van der Waals surface area contributed by atoms with Crippen molar-refractivity contribution in [1.82, 2.24) is 25.1 Å². The zero-order chi connectivity index (χ0) is 20.7. The second-order valence-corrected chi connectivity index (χ2v) is 7.74. The highest BCUT2D eigenvalue weighted by molar-refractivity contribution is 7.17.